The van der Waals surface area contributed by atoms with Crippen LogP contribution in [-0.4, -0.2) is 39.6 Å². The molecule has 0 saturated carbocycles. The first-order valence-corrected chi connectivity index (χ1v) is 5.40. The SMILES string of the molecule is CC1(O)CN(C(=O)c2ccc(Br)nc2)C1. The summed E-state index contributed by atoms with van der Waals surface area (Å²) in [6, 6.07) is 3.44. The summed E-state index contributed by atoms with van der Waals surface area (Å²) < 4.78 is 0.703. The summed E-state index contributed by atoms with van der Waals surface area (Å²) in [5, 5.41) is 9.51. The highest BCUT2D eigenvalue weighted by Gasteiger charge is 2.39. The van der Waals surface area contributed by atoms with Crippen LogP contribution in [0.25, 0.3) is 0 Å². The quantitative estimate of drug-likeness (QED) is 0.777. The highest BCUT2D eigenvalue weighted by molar-refractivity contribution is 9.10. The number of hydrogen-bond donors (Lipinski definition) is 1. The number of aliphatic hydroxyl groups is 1. The maximum atomic E-state index is 11.8. The van der Waals surface area contributed by atoms with Crippen molar-refractivity contribution in [2.45, 2.75) is 12.5 Å². The molecule has 1 amide bonds. The average Bonchev–Trinajstić information content (AvgIpc) is 2.14. The van der Waals surface area contributed by atoms with Crippen LogP contribution in [0.5, 0.6) is 0 Å². The smallest absolute Gasteiger partial charge is 0.255 e. The van der Waals surface area contributed by atoms with Crippen LogP contribution in [0.4, 0.5) is 0 Å². The molecule has 0 unspecified atom stereocenters. The average molecular weight is 271 g/mol. The summed E-state index contributed by atoms with van der Waals surface area (Å²) in [7, 11) is 0. The molecular formula is C10H11BrN2O2. The van der Waals surface area contributed by atoms with Crippen LogP contribution in [0.3, 0.4) is 0 Å². The van der Waals surface area contributed by atoms with E-state index in [-0.39, 0.29) is 5.91 Å². The van der Waals surface area contributed by atoms with Gasteiger partial charge in [-0.05, 0) is 35.0 Å². The Balaban J connectivity index is 2.07. The van der Waals surface area contributed by atoms with Crippen molar-refractivity contribution in [1.29, 1.82) is 0 Å². The molecule has 15 heavy (non-hydrogen) atoms. The van der Waals surface area contributed by atoms with Crippen molar-refractivity contribution in [2.75, 3.05) is 13.1 Å². The van der Waals surface area contributed by atoms with Crippen LogP contribution in [0.15, 0.2) is 22.9 Å². The number of aromatic nitrogens is 1. The second kappa shape index (κ2) is 3.57. The number of likely N-dealkylation sites (tertiary alicyclic amines) is 1. The first-order valence-electron chi connectivity index (χ1n) is 4.61. The van der Waals surface area contributed by atoms with Gasteiger partial charge >= 0.3 is 0 Å². The normalized spacial score (nSPS) is 18.5. The molecule has 1 N–H and O–H groups in total. The highest BCUT2D eigenvalue weighted by Crippen LogP contribution is 2.22. The van der Waals surface area contributed by atoms with E-state index in [0.717, 1.165) is 0 Å². The summed E-state index contributed by atoms with van der Waals surface area (Å²) in [5.74, 6) is -0.0819. The molecule has 2 heterocycles. The number of halogens is 1. The van der Waals surface area contributed by atoms with E-state index in [1.165, 1.54) is 6.20 Å². The number of carbonyl (C=O) groups is 1. The van der Waals surface area contributed by atoms with Gasteiger partial charge in [0.05, 0.1) is 24.3 Å². The second-order valence-electron chi connectivity index (χ2n) is 4.03. The summed E-state index contributed by atoms with van der Waals surface area (Å²) in [6.45, 7) is 2.50. The Kier molecular flexibility index (Phi) is 2.52. The van der Waals surface area contributed by atoms with E-state index in [1.54, 1.807) is 24.0 Å². The number of hydrogen-bond acceptors (Lipinski definition) is 3. The molecule has 0 aliphatic carbocycles. The minimum Gasteiger partial charge on any atom is -0.386 e. The van der Waals surface area contributed by atoms with Crippen molar-refractivity contribution >= 4 is 21.8 Å². The number of nitrogens with zero attached hydrogens (tertiary/aromatic N) is 2. The maximum Gasteiger partial charge on any atom is 0.255 e. The fraction of sp³-hybridized carbons (Fsp3) is 0.400. The fourth-order valence-corrected chi connectivity index (χ4v) is 1.84. The molecule has 2 rings (SSSR count). The number of pyridine rings is 1. The Morgan fingerprint density at radius 3 is 2.73 bits per heavy atom. The molecule has 1 aromatic heterocycles. The van der Waals surface area contributed by atoms with Crippen molar-refractivity contribution in [3.63, 3.8) is 0 Å². The summed E-state index contributed by atoms with van der Waals surface area (Å²) >= 11 is 3.20. The van der Waals surface area contributed by atoms with E-state index in [0.29, 0.717) is 23.3 Å². The molecule has 5 heteroatoms. The molecule has 0 atom stereocenters. The van der Waals surface area contributed by atoms with Crippen molar-refractivity contribution in [3.05, 3.63) is 28.5 Å². The maximum absolute atomic E-state index is 11.8. The molecular weight excluding hydrogens is 260 g/mol. The molecule has 1 saturated heterocycles. The van der Waals surface area contributed by atoms with E-state index >= 15 is 0 Å². The number of carbonyl (C=O) groups excluding carboxylic acids is 1. The summed E-state index contributed by atoms with van der Waals surface area (Å²) in [4.78, 5) is 17.4. The van der Waals surface area contributed by atoms with Crippen LogP contribution >= 0.6 is 15.9 Å². The molecule has 0 aromatic carbocycles. The first kappa shape index (κ1) is 10.6. The zero-order chi connectivity index (χ0) is 11.1. The Hall–Kier alpha value is -0.940. The third-order valence-electron chi connectivity index (χ3n) is 2.32. The molecule has 0 radical (unpaired) electrons. The van der Waals surface area contributed by atoms with Crippen LogP contribution in [0.2, 0.25) is 0 Å². The molecule has 80 valence electrons. The Morgan fingerprint density at radius 1 is 1.60 bits per heavy atom. The van der Waals surface area contributed by atoms with Crippen molar-refractivity contribution < 1.29 is 9.90 Å². The standard InChI is InChI=1S/C10H11BrN2O2/c1-10(15)5-13(6-10)9(14)7-2-3-8(11)12-4-7/h2-4,15H,5-6H2,1H3. The minimum atomic E-state index is -0.724. The van der Waals surface area contributed by atoms with Crippen molar-refractivity contribution in [2.24, 2.45) is 0 Å². The molecule has 1 fully saturated rings. The molecule has 4 nitrogen and oxygen atoms in total. The van der Waals surface area contributed by atoms with Gasteiger partial charge in [-0.25, -0.2) is 4.98 Å². The lowest BCUT2D eigenvalue weighted by atomic mass is 9.96. The Morgan fingerprint density at radius 2 is 2.27 bits per heavy atom. The van der Waals surface area contributed by atoms with Gasteiger partial charge in [-0.15, -0.1) is 0 Å². The van der Waals surface area contributed by atoms with E-state index < -0.39 is 5.60 Å². The Labute approximate surface area is 96.1 Å². The van der Waals surface area contributed by atoms with Gasteiger partial charge in [0.1, 0.15) is 4.60 Å². The van der Waals surface area contributed by atoms with Gasteiger partial charge in [0, 0.05) is 6.20 Å². The lowest BCUT2D eigenvalue weighted by Gasteiger charge is -2.44. The van der Waals surface area contributed by atoms with Gasteiger partial charge in [0.25, 0.3) is 5.91 Å². The third kappa shape index (κ3) is 2.18. The van der Waals surface area contributed by atoms with Gasteiger partial charge in [-0.1, -0.05) is 0 Å². The topological polar surface area (TPSA) is 53.4 Å². The van der Waals surface area contributed by atoms with E-state index in [9.17, 15) is 9.90 Å². The lowest BCUT2D eigenvalue weighted by molar-refractivity contribution is -0.0668. The molecule has 0 spiro atoms. The van der Waals surface area contributed by atoms with Crippen molar-refractivity contribution in [1.82, 2.24) is 9.88 Å². The third-order valence-corrected chi connectivity index (χ3v) is 2.79. The van der Waals surface area contributed by atoms with Crippen LogP contribution in [-0.2, 0) is 0 Å². The largest absolute Gasteiger partial charge is 0.386 e. The zero-order valence-electron chi connectivity index (χ0n) is 8.27. The van der Waals surface area contributed by atoms with Gasteiger partial charge in [0.2, 0.25) is 0 Å². The van der Waals surface area contributed by atoms with Crippen LogP contribution < -0.4 is 0 Å². The van der Waals surface area contributed by atoms with Gasteiger partial charge in [0.15, 0.2) is 0 Å². The van der Waals surface area contributed by atoms with Gasteiger partial charge < -0.3 is 10.0 Å². The van der Waals surface area contributed by atoms with Gasteiger partial charge in [-0.2, -0.15) is 0 Å². The molecule has 0 bridgehead atoms. The first-order chi connectivity index (χ1) is 6.98. The van der Waals surface area contributed by atoms with E-state index in [1.807, 2.05) is 0 Å². The zero-order valence-corrected chi connectivity index (χ0v) is 9.86. The number of amides is 1. The fourth-order valence-electron chi connectivity index (χ4n) is 1.60. The molecule has 1 aliphatic rings. The second-order valence-corrected chi connectivity index (χ2v) is 4.84. The highest BCUT2D eigenvalue weighted by atomic mass is 79.9. The predicted octanol–water partition coefficient (Wildman–Crippen LogP) is 1.05. The number of β-amino-alcohol motifs (C(OH)–C–C–N with tert-alkyl or cyclic N) is 1. The monoisotopic (exact) mass is 270 g/mol. The van der Waals surface area contributed by atoms with Gasteiger partial charge in [-0.3, -0.25) is 4.79 Å². The van der Waals surface area contributed by atoms with Crippen LogP contribution in [0.1, 0.15) is 17.3 Å². The summed E-state index contributed by atoms with van der Waals surface area (Å²) in [5.41, 5.74) is -0.174. The van der Waals surface area contributed by atoms with Crippen LogP contribution in [0, 0.1) is 0 Å². The van der Waals surface area contributed by atoms with E-state index in [2.05, 4.69) is 20.9 Å². The lowest BCUT2D eigenvalue weighted by Crippen LogP contribution is -2.61. The van der Waals surface area contributed by atoms with E-state index in [4.69, 9.17) is 0 Å². The predicted molar refractivity (Wildman–Crippen MR) is 58.5 cm³/mol. The number of rotatable bonds is 1. The molecule has 1 aliphatic heterocycles. The summed E-state index contributed by atoms with van der Waals surface area (Å²) in [6.07, 6.45) is 1.53. The minimum absolute atomic E-state index is 0.0819. The van der Waals surface area contributed by atoms with Crippen molar-refractivity contribution in [3.8, 4) is 0 Å². The Bertz CT molecular complexity index is 381. The molecule has 1 aromatic rings.